The molecule has 0 spiro atoms. The molecule has 1 unspecified atom stereocenters. The van der Waals surface area contributed by atoms with Crippen LogP contribution >= 0.6 is 0 Å². The van der Waals surface area contributed by atoms with Crippen LogP contribution in [0.5, 0.6) is 0 Å². The van der Waals surface area contributed by atoms with Crippen LogP contribution in [0.4, 0.5) is 8.78 Å². The molecule has 1 rings (SSSR count). The van der Waals surface area contributed by atoms with Gasteiger partial charge in [0.05, 0.1) is 6.10 Å². The summed E-state index contributed by atoms with van der Waals surface area (Å²) in [6, 6.07) is 0. The van der Waals surface area contributed by atoms with Gasteiger partial charge in [-0.3, -0.25) is 4.79 Å². The molecule has 3 nitrogen and oxygen atoms in total. The third-order valence-electron chi connectivity index (χ3n) is 2.85. The van der Waals surface area contributed by atoms with Gasteiger partial charge < -0.3 is 9.84 Å². The van der Waals surface area contributed by atoms with Gasteiger partial charge in [-0.2, -0.15) is 8.78 Å². The lowest BCUT2D eigenvalue weighted by atomic mass is 9.97. The molecular formula is C10H16F2O3. The van der Waals surface area contributed by atoms with E-state index in [-0.39, 0.29) is 18.8 Å². The van der Waals surface area contributed by atoms with E-state index in [4.69, 9.17) is 5.11 Å². The van der Waals surface area contributed by atoms with Crippen LogP contribution in [0.3, 0.4) is 0 Å². The SMILES string of the molecule is O=C(O)CCC(OC(F)F)C1CCCC1. The zero-order valence-corrected chi connectivity index (χ0v) is 8.49. The van der Waals surface area contributed by atoms with E-state index >= 15 is 0 Å². The van der Waals surface area contributed by atoms with Crippen molar-refractivity contribution in [3.05, 3.63) is 0 Å². The quantitative estimate of drug-likeness (QED) is 0.751. The van der Waals surface area contributed by atoms with Crippen molar-refractivity contribution in [2.45, 2.75) is 51.2 Å². The lowest BCUT2D eigenvalue weighted by Gasteiger charge is -2.22. The maximum Gasteiger partial charge on any atom is 0.345 e. The molecule has 1 atom stereocenters. The smallest absolute Gasteiger partial charge is 0.345 e. The molecule has 88 valence electrons. The van der Waals surface area contributed by atoms with Crippen LogP contribution in [0.15, 0.2) is 0 Å². The van der Waals surface area contributed by atoms with Gasteiger partial charge >= 0.3 is 12.6 Å². The van der Waals surface area contributed by atoms with Crippen molar-refractivity contribution in [1.29, 1.82) is 0 Å². The van der Waals surface area contributed by atoms with Crippen LogP contribution in [0, 0.1) is 5.92 Å². The Bertz CT molecular complexity index is 203. The number of alkyl halides is 2. The van der Waals surface area contributed by atoms with Gasteiger partial charge in [0.25, 0.3) is 0 Å². The summed E-state index contributed by atoms with van der Waals surface area (Å²) >= 11 is 0. The van der Waals surface area contributed by atoms with Gasteiger partial charge in [-0.05, 0) is 25.2 Å². The molecule has 0 heterocycles. The normalized spacial score (nSPS) is 19.7. The molecule has 5 heteroatoms. The summed E-state index contributed by atoms with van der Waals surface area (Å²) in [4.78, 5) is 10.4. The number of halogens is 2. The lowest BCUT2D eigenvalue weighted by Crippen LogP contribution is -2.25. The molecule has 1 saturated carbocycles. The monoisotopic (exact) mass is 222 g/mol. The third kappa shape index (κ3) is 4.55. The topological polar surface area (TPSA) is 46.5 Å². The number of hydrogen-bond acceptors (Lipinski definition) is 2. The molecule has 0 aromatic carbocycles. The van der Waals surface area contributed by atoms with Crippen LogP contribution in [0.1, 0.15) is 38.5 Å². The van der Waals surface area contributed by atoms with Gasteiger partial charge in [0, 0.05) is 6.42 Å². The van der Waals surface area contributed by atoms with E-state index < -0.39 is 18.7 Å². The van der Waals surface area contributed by atoms with Crippen molar-refractivity contribution >= 4 is 5.97 Å². The number of carboxylic acids is 1. The van der Waals surface area contributed by atoms with E-state index in [0.29, 0.717) is 0 Å². The first-order valence-electron chi connectivity index (χ1n) is 5.25. The van der Waals surface area contributed by atoms with E-state index in [2.05, 4.69) is 4.74 Å². The molecule has 1 aliphatic rings. The van der Waals surface area contributed by atoms with E-state index in [9.17, 15) is 13.6 Å². The summed E-state index contributed by atoms with van der Waals surface area (Å²) in [5.74, 6) is -0.853. The fourth-order valence-electron chi connectivity index (χ4n) is 2.14. The Morgan fingerprint density at radius 3 is 2.47 bits per heavy atom. The summed E-state index contributed by atoms with van der Waals surface area (Å²) in [7, 11) is 0. The molecule has 0 aromatic heterocycles. The minimum atomic E-state index is -2.80. The highest BCUT2D eigenvalue weighted by Gasteiger charge is 2.28. The average molecular weight is 222 g/mol. The Kier molecular flexibility index (Phi) is 4.94. The number of aliphatic carboxylic acids is 1. The van der Waals surface area contributed by atoms with Crippen molar-refractivity contribution in [1.82, 2.24) is 0 Å². The van der Waals surface area contributed by atoms with E-state index in [1.54, 1.807) is 0 Å². The Morgan fingerprint density at radius 1 is 1.40 bits per heavy atom. The highest BCUT2D eigenvalue weighted by molar-refractivity contribution is 5.66. The molecule has 0 radical (unpaired) electrons. The van der Waals surface area contributed by atoms with Crippen LogP contribution in [-0.4, -0.2) is 23.8 Å². The zero-order valence-electron chi connectivity index (χ0n) is 8.49. The number of carboxylic acid groups (broad SMARTS) is 1. The molecule has 1 aliphatic carbocycles. The van der Waals surface area contributed by atoms with Gasteiger partial charge in [-0.15, -0.1) is 0 Å². The Morgan fingerprint density at radius 2 is 2.00 bits per heavy atom. The fraction of sp³-hybridized carbons (Fsp3) is 0.900. The van der Waals surface area contributed by atoms with Crippen molar-refractivity contribution in [2.24, 2.45) is 5.92 Å². The van der Waals surface area contributed by atoms with Crippen LogP contribution < -0.4 is 0 Å². The van der Waals surface area contributed by atoms with Crippen LogP contribution in [0.25, 0.3) is 0 Å². The molecule has 1 fully saturated rings. The molecule has 0 bridgehead atoms. The Balaban J connectivity index is 2.40. The second-order valence-corrected chi connectivity index (χ2v) is 3.91. The number of hydrogen-bond donors (Lipinski definition) is 1. The Labute approximate surface area is 87.4 Å². The third-order valence-corrected chi connectivity index (χ3v) is 2.85. The first-order valence-corrected chi connectivity index (χ1v) is 5.25. The van der Waals surface area contributed by atoms with Gasteiger partial charge in [0.15, 0.2) is 0 Å². The van der Waals surface area contributed by atoms with Gasteiger partial charge in [0.1, 0.15) is 0 Å². The van der Waals surface area contributed by atoms with E-state index in [1.807, 2.05) is 0 Å². The van der Waals surface area contributed by atoms with Crippen LogP contribution in [0.2, 0.25) is 0 Å². The van der Waals surface area contributed by atoms with E-state index in [1.165, 1.54) is 0 Å². The highest BCUT2D eigenvalue weighted by Crippen LogP contribution is 2.32. The minimum Gasteiger partial charge on any atom is -0.481 e. The zero-order chi connectivity index (χ0) is 11.3. The lowest BCUT2D eigenvalue weighted by molar-refractivity contribution is -0.179. The maximum atomic E-state index is 12.1. The van der Waals surface area contributed by atoms with Crippen molar-refractivity contribution in [2.75, 3.05) is 0 Å². The molecule has 0 aliphatic heterocycles. The van der Waals surface area contributed by atoms with E-state index in [0.717, 1.165) is 25.7 Å². The summed E-state index contributed by atoms with van der Waals surface area (Å²) in [6.07, 6.45) is 3.29. The molecule has 1 N–H and O–H groups in total. The first kappa shape index (κ1) is 12.4. The first-order chi connectivity index (χ1) is 7.09. The largest absolute Gasteiger partial charge is 0.481 e. The second kappa shape index (κ2) is 6.00. The molecule has 0 amide bonds. The number of ether oxygens (including phenoxy) is 1. The fourth-order valence-corrected chi connectivity index (χ4v) is 2.14. The van der Waals surface area contributed by atoms with Gasteiger partial charge in [0.2, 0.25) is 0 Å². The molecule has 0 aromatic rings. The van der Waals surface area contributed by atoms with Gasteiger partial charge in [-0.25, -0.2) is 0 Å². The average Bonchev–Trinajstić information content (AvgIpc) is 2.63. The summed E-state index contributed by atoms with van der Waals surface area (Å²) in [6.45, 7) is -2.80. The number of carbonyl (C=O) groups is 1. The Hall–Kier alpha value is -0.710. The minimum absolute atomic E-state index is 0.103. The standard InChI is InChI=1S/C10H16F2O3/c11-10(12)15-8(5-6-9(13)14)7-3-1-2-4-7/h7-8,10H,1-6H2,(H,13,14). The summed E-state index contributed by atoms with van der Waals surface area (Å²) in [5, 5.41) is 8.50. The second-order valence-electron chi connectivity index (χ2n) is 3.91. The maximum absolute atomic E-state index is 12.1. The van der Waals surface area contributed by atoms with Crippen LogP contribution in [-0.2, 0) is 9.53 Å². The molecule has 15 heavy (non-hydrogen) atoms. The van der Waals surface area contributed by atoms with Gasteiger partial charge in [-0.1, -0.05) is 12.8 Å². The van der Waals surface area contributed by atoms with Crippen molar-refractivity contribution in [3.63, 3.8) is 0 Å². The van der Waals surface area contributed by atoms with Crippen molar-refractivity contribution < 1.29 is 23.4 Å². The predicted octanol–water partition coefficient (Wildman–Crippen LogP) is 2.65. The number of rotatable bonds is 6. The summed E-state index contributed by atoms with van der Waals surface area (Å²) < 4.78 is 28.7. The molecule has 0 saturated heterocycles. The van der Waals surface area contributed by atoms with Crippen molar-refractivity contribution in [3.8, 4) is 0 Å². The summed E-state index contributed by atoms with van der Waals surface area (Å²) in [5.41, 5.74) is 0. The highest BCUT2D eigenvalue weighted by atomic mass is 19.3. The predicted molar refractivity (Wildman–Crippen MR) is 49.7 cm³/mol. The molecular weight excluding hydrogens is 206 g/mol.